The number of carbonyl (C=O) groups is 2. The third-order valence-corrected chi connectivity index (χ3v) is 5.89. The summed E-state index contributed by atoms with van der Waals surface area (Å²) in [7, 11) is 0. The summed E-state index contributed by atoms with van der Waals surface area (Å²) in [5.41, 5.74) is 2.55. The molecule has 0 spiro atoms. The fourth-order valence-corrected chi connectivity index (χ4v) is 4.26. The number of amidine groups is 1. The lowest BCUT2D eigenvalue weighted by Crippen LogP contribution is -2.38. The van der Waals surface area contributed by atoms with Crippen molar-refractivity contribution >= 4 is 34.8 Å². The highest BCUT2D eigenvalue weighted by molar-refractivity contribution is 8.14. The summed E-state index contributed by atoms with van der Waals surface area (Å²) in [6.45, 7) is 4.49. The number of aliphatic imine (C=N–C) groups is 1. The molecular formula is C21H27N3O2S. The lowest BCUT2D eigenvalue weighted by Gasteiger charge is -2.22. The molecule has 1 saturated carbocycles. The predicted octanol–water partition coefficient (Wildman–Crippen LogP) is 3.74. The van der Waals surface area contributed by atoms with Crippen LogP contribution in [-0.2, 0) is 9.59 Å². The molecule has 1 aliphatic carbocycles. The van der Waals surface area contributed by atoms with E-state index in [1.807, 2.05) is 38.1 Å². The minimum atomic E-state index is -0.103. The van der Waals surface area contributed by atoms with E-state index in [-0.39, 0.29) is 17.6 Å². The van der Waals surface area contributed by atoms with Gasteiger partial charge in [-0.3, -0.25) is 14.5 Å². The molecule has 2 amide bonds. The first kappa shape index (κ1) is 19.7. The Labute approximate surface area is 165 Å². The van der Waals surface area contributed by atoms with E-state index < -0.39 is 0 Å². The molecule has 0 aromatic heterocycles. The van der Waals surface area contributed by atoms with Gasteiger partial charge >= 0.3 is 0 Å². The normalized spacial score (nSPS) is 19.5. The number of rotatable bonds is 5. The van der Waals surface area contributed by atoms with Crippen LogP contribution in [0.1, 0.15) is 50.2 Å². The monoisotopic (exact) mass is 385 g/mol. The number of aryl methyl sites for hydroxylation is 1. The zero-order valence-electron chi connectivity index (χ0n) is 16.0. The maximum absolute atomic E-state index is 12.6. The summed E-state index contributed by atoms with van der Waals surface area (Å²) < 4.78 is 0. The third-order valence-electron chi connectivity index (χ3n) is 4.91. The Morgan fingerprint density at radius 1 is 1.26 bits per heavy atom. The average Bonchev–Trinajstić information content (AvgIpc) is 2.97. The lowest BCUT2D eigenvalue weighted by atomic mass is 9.95. The van der Waals surface area contributed by atoms with Crippen LogP contribution in [-0.4, -0.2) is 40.2 Å². The van der Waals surface area contributed by atoms with Gasteiger partial charge in [-0.1, -0.05) is 60.9 Å². The van der Waals surface area contributed by atoms with E-state index in [1.54, 1.807) is 11.0 Å². The van der Waals surface area contributed by atoms with Crippen molar-refractivity contribution in [1.82, 2.24) is 10.2 Å². The maximum Gasteiger partial charge on any atom is 0.278 e. The summed E-state index contributed by atoms with van der Waals surface area (Å²) in [5, 5.41) is 3.72. The Morgan fingerprint density at radius 3 is 2.63 bits per heavy atom. The van der Waals surface area contributed by atoms with E-state index in [2.05, 4.69) is 10.3 Å². The summed E-state index contributed by atoms with van der Waals surface area (Å²) >= 11 is 1.34. The van der Waals surface area contributed by atoms with Crippen LogP contribution in [0.5, 0.6) is 0 Å². The summed E-state index contributed by atoms with van der Waals surface area (Å²) in [4.78, 5) is 31.0. The van der Waals surface area contributed by atoms with E-state index in [1.165, 1.54) is 36.6 Å². The summed E-state index contributed by atoms with van der Waals surface area (Å²) in [5.74, 6) is 0.207. The Balaban J connectivity index is 1.63. The van der Waals surface area contributed by atoms with Gasteiger partial charge in [-0.15, -0.1) is 0 Å². The molecule has 1 aliphatic heterocycles. The number of benzene rings is 1. The first-order valence-electron chi connectivity index (χ1n) is 9.68. The standard InChI is InChI=1S/C21H27N3O2S/c1-3-24-20(26)18(13-16-11-9-15(2)10-12-16)23-21(24)27-14-19(25)22-17-7-5-4-6-8-17/h9-13,17H,3-8,14H2,1-2H3,(H,22,25)/b18-13-. The first-order chi connectivity index (χ1) is 13.1. The third kappa shape index (κ3) is 5.22. The van der Waals surface area contributed by atoms with E-state index in [0.717, 1.165) is 18.4 Å². The van der Waals surface area contributed by atoms with Gasteiger partial charge in [-0.2, -0.15) is 0 Å². The van der Waals surface area contributed by atoms with Crippen LogP contribution < -0.4 is 5.32 Å². The number of thioether (sulfide) groups is 1. The Bertz CT molecular complexity index is 749. The minimum absolute atomic E-state index is 0.0223. The fraction of sp³-hybridized carbons (Fsp3) is 0.476. The Morgan fingerprint density at radius 2 is 1.96 bits per heavy atom. The van der Waals surface area contributed by atoms with E-state index >= 15 is 0 Å². The number of nitrogens with one attached hydrogen (secondary N) is 1. The van der Waals surface area contributed by atoms with Gasteiger partial charge in [0.15, 0.2) is 5.17 Å². The van der Waals surface area contributed by atoms with Crippen molar-refractivity contribution in [1.29, 1.82) is 0 Å². The van der Waals surface area contributed by atoms with E-state index in [9.17, 15) is 9.59 Å². The molecule has 5 nitrogen and oxygen atoms in total. The van der Waals surface area contributed by atoms with Crippen LogP contribution in [0, 0.1) is 6.92 Å². The molecule has 1 heterocycles. The number of hydrogen-bond donors (Lipinski definition) is 1. The van der Waals surface area contributed by atoms with Crippen LogP contribution in [0.4, 0.5) is 0 Å². The molecule has 0 radical (unpaired) electrons. The van der Waals surface area contributed by atoms with Crippen LogP contribution >= 0.6 is 11.8 Å². The molecule has 0 atom stereocenters. The average molecular weight is 386 g/mol. The van der Waals surface area contributed by atoms with Crippen molar-refractivity contribution in [2.75, 3.05) is 12.3 Å². The van der Waals surface area contributed by atoms with Crippen molar-refractivity contribution in [3.05, 3.63) is 41.1 Å². The molecule has 0 unspecified atom stereocenters. The number of carbonyl (C=O) groups excluding carboxylic acids is 2. The molecule has 1 N–H and O–H groups in total. The molecule has 6 heteroatoms. The lowest BCUT2D eigenvalue weighted by molar-refractivity contribution is -0.122. The predicted molar refractivity (Wildman–Crippen MR) is 111 cm³/mol. The molecule has 3 rings (SSSR count). The van der Waals surface area contributed by atoms with Gasteiger partial charge in [0.25, 0.3) is 5.91 Å². The van der Waals surface area contributed by atoms with Crippen molar-refractivity contribution in [3.8, 4) is 0 Å². The SMILES string of the molecule is CCN1C(=O)/C(=C/c2ccc(C)cc2)N=C1SCC(=O)NC1CCCCC1. The topological polar surface area (TPSA) is 61.8 Å². The van der Waals surface area contributed by atoms with Crippen molar-refractivity contribution in [3.63, 3.8) is 0 Å². The molecule has 0 saturated heterocycles. The van der Waals surface area contributed by atoms with Crippen LogP contribution in [0.15, 0.2) is 35.0 Å². The molecule has 1 aromatic rings. The van der Waals surface area contributed by atoms with Crippen LogP contribution in [0.25, 0.3) is 6.08 Å². The van der Waals surface area contributed by atoms with Gasteiger partial charge in [0.1, 0.15) is 5.70 Å². The van der Waals surface area contributed by atoms with Crippen molar-refractivity contribution in [2.45, 2.75) is 52.0 Å². The van der Waals surface area contributed by atoms with Gasteiger partial charge in [0, 0.05) is 12.6 Å². The molecule has 144 valence electrons. The first-order valence-corrected chi connectivity index (χ1v) is 10.7. The molecule has 2 aliphatic rings. The van der Waals surface area contributed by atoms with E-state index in [4.69, 9.17) is 0 Å². The zero-order valence-corrected chi connectivity index (χ0v) is 16.8. The molecule has 27 heavy (non-hydrogen) atoms. The highest BCUT2D eigenvalue weighted by Crippen LogP contribution is 2.24. The highest BCUT2D eigenvalue weighted by atomic mass is 32.2. The summed E-state index contributed by atoms with van der Waals surface area (Å²) in [6.07, 6.45) is 7.59. The molecule has 0 bridgehead atoms. The second-order valence-corrected chi connectivity index (χ2v) is 8.02. The quantitative estimate of drug-likeness (QED) is 0.786. The van der Waals surface area contributed by atoms with Gasteiger partial charge in [-0.25, -0.2) is 4.99 Å². The number of hydrogen-bond acceptors (Lipinski definition) is 4. The molecule has 1 fully saturated rings. The second kappa shape index (κ2) is 9.22. The fourth-order valence-electron chi connectivity index (χ4n) is 3.39. The largest absolute Gasteiger partial charge is 0.353 e. The van der Waals surface area contributed by atoms with Gasteiger partial charge in [0.2, 0.25) is 5.91 Å². The Kier molecular flexibility index (Phi) is 6.72. The maximum atomic E-state index is 12.6. The zero-order chi connectivity index (χ0) is 19.2. The number of amides is 2. The number of likely N-dealkylation sites (N-methyl/N-ethyl adjacent to an activating group) is 1. The minimum Gasteiger partial charge on any atom is -0.353 e. The Hall–Kier alpha value is -2.08. The van der Waals surface area contributed by atoms with Crippen LogP contribution in [0.2, 0.25) is 0 Å². The smallest absolute Gasteiger partial charge is 0.278 e. The summed E-state index contributed by atoms with van der Waals surface area (Å²) in [6, 6.07) is 8.28. The second-order valence-electron chi connectivity index (χ2n) is 7.08. The number of nitrogens with zero attached hydrogens (tertiary/aromatic N) is 2. The van der Waals surface area contributed by atoms with E-state index in [0.29, 0.717) is 23.5 Å². The van der Waals surface area contributed by atoms with Crippen LogP contribution in [0.3, 0.4) is 0 Å². The van der Waals surface area contributed by atoms with Gasteiger partial charge in [-0.05, 0) is 38.3 Å². The highest BCUT2D eigenvalue weighted by Gasteiger charge is 2.29. The van der Waals surface area contributed by atoms with Crippen molar-refractivity contribution in [2.24, 2.45) is 4.99 Å². The van der Waals surface area contributed by atoms with Gasteiger partial charge in [0.05, 0.1) is 5.75 Å². The molecule has 1 aromatic carbocycles. The van der Waals surface area contributed by atoms with Crippen molar-refractivity contribution < 1.29 is 9.59 Å². The molecular weight excluding hydrogens is 358 g/mol. The van der Waals surface area contributed by atoms with Gasteiger partial charge < -0.3 is 5.32 Å².